The topological polar surface area (TPSA) is 79.4 Å². The third-order valence-electron chi connectivity index (χ3n) is 3.42. The lowest BCUT2D eigenvalue weighted by Crippen LogP contribution is -2.33. The molecule has 1 fully saturated rings. The van der Waals surface area contributed by atoms with E-state index in [1.54, 1.807) is 0 Å². The van der Waals surface area contributed by atoms with Crippen molar-refractivity contribution < 1.29 is 14.4 Å². The number of nitrogens with zero attached hydrogens (tertiary/aromatic N) is 2. The number of carbonyl (C=O) groups excluding carboxylic acids is 3. The summed E-state index contributed by atoms with van der Waals surface area (Å²) in [5, 5.41) is 2.97. The van der Waals surface area contributed by atoms with E-state index in [1.165, 1.54) is 23.6 Å². The Morgan fingerprint density at radius 3 is 2.67 bits per heavy atom. The largest absolute Gasteiger partial charge is 0.323 e. The van der Waals surface area contributed by atoms with Gasteiger partial charge < -0.3 is 10.2 Å². The Labute approximate surface area is 147 Å². The van der Waals surface area contributed by atoms with Crippen LogP contribution >= 0.6 is 23.1 Å². The second-order valence-electron chi connectivity index (χ2n) is 5.20. The lowest BCUT2D eigenvalue weighted by Gasteiger charge is -2.12. The summed E-state index contributed by atoms with van der Waals surface area (Å²) < 4.78 is 0. The number of amides is 2. The summed E-state index contributed by atoms with van der Waals surface area (Å²) in [5.41, 5.74) is 1.39. The van der Waals surface area contributed by atoms with Crippen LogP contribution in [0.3, 0.4) is 0 Å². The summed E-state index contributed by atoms with van der Waals surface area (Å²) >= 11 is 2.36. The highest BCUT2D eigenvalue weighted by Gasteiger charge is 2.24. The van der Waals surface area contributed by atoms with E-state index in [0.717, 1.165) is 16.9 Å². The first-order valence-corrected chi connectivity index (χ1v) is 9.13. The first-order chi connectivity index (χ1) is 11.5. The molecule has 3 rings (SSSR count). The van der Waals surface area contributed by atoms with Gasteiger partial charge in [-0.3, -0.25) is 14.4 Å². The molecule has 24 heavy (non-hydrogen) atoms. The van der Waals surface area contributed by atoms with Gasteiger partial charge in [0.2, 0.25) is 5.91 Å². The molecule has 1 aliphatic heterocycles. The maximum Gasteiger partial charge on any atom is 0.282 e. The van der Waals surface area contributed by atoms with E-state index in [-0.39, 0.29) is 23.5 Å². The standard InChI is InChI=1S/C16H15N3O3S2/c1-10(20)14-13(11-5-3-2-4-6-11)18-15(24-14)17-12(21)9-19-7-8-23-16(19)22/h2-6H,7-9H2,1H3,(H,17,18,21). The zero-order valence-electron chi connectivity index (χ0n) is 12.9. The number of thioether (sulfide) groups is 1. The molecule has 1 aromatic heterocycles. The number of anilines is 1. The molecule has 2 amide bonds. The summed E-state index contributed by atoms with van der Waals surface area (Å²) in [4.78, 5) is 41.9. The molecule has 0 atom stereocenters. The molecule has 0 aliphatic carbocycles. The molecule has 1 aromatic carbocycles. The fourth-order valence-corrected chi connectivity index (χ4v) is 4.03. The van der Waals surface area contributed by atoms with Crippen LogP contribution in [0.1, 0.15) is 16.6 Å². The van der Waals surface area contributed by atoms with Crippen molar-refractivity contribution in [2.24, 2.45) is 0 Å². The fourth-order valence-electron chi connectivity index (χ4n) is 2.31. The lowest BCUT2D eigenvalue weighted by atomic mass is 10.1. The molecule has 1 saturated heterocycles. The van der Waals surface area contributed by atoms with E-state index in [1.807, 2.05) is 30.3 Å². The molecular formula is C16H15N3O3S2. The van der Waals surface area contributed by atoms with Crippen LogP contribution in [0.4, 0.5) is 9.93 Å². The highest BCUT2D eigenvalue weighted by Crippen LogP contribution is 2.31. The molecule has 0 bridgehead atoms. The van der Waals surface area contributed by atoms with Gasteiger partial charge in [-0.15, -0.1) is 0 Å². The van der Waals surface area contributed by atoms with Gasteiger partial charge in [-0.05, 0) is 0 Å². The molecule has 2 heterocycles. The summed E-state index contributed by atoms with van der Waals surface area (Å²) in [6.45, 7) is 2.05. The second kappa shape index (κ2) is 7.14. The van der Waals surface area contributed by atoms with Crippen molar-refractivity contribution in [1.82, 2.24) is 9.88 Å². The SMILES string of the molecule is CC(=O)c1sc(NC(=O)CN2CCSC2=O)nc1-c1ccccc1. The van der Waals surface area contributed by atoms with E-state index in [2.05, 4.69) is 10.3 Å². The molecule has 1 N–H and O–H groups in total. The first kappa shape index (κ1) is 16.7. The lowest BCUT2D eigenvalue weighted by molar-refractivity contribution is -0.116. The Morgan fingerprint density at radius 2 is 2.04 bits per heavy atom. The van der Waals surface area contributed by atoms with Crippen LogP contribution in [0.15, 0.2) is 30.3 Å². The minimum atomic E-state index is -0.311. The van der Waals surface area contributed by atoms with Crippen molar-refractivity contribution in [3.63, 3.8) is 0 Å². The van der Waals surface area contributed by atoms with Gasteiger partial charge in [0.25, 0.3) is 5.24 Å². The Bertz CT molecular complexity index is 789. The molecule has 0 radical (unpaired) electrons. The summed E-state index contributed by atoms with van der Waals surface area (Å²) in [6.07, 6.45) is 0. The fraction of sp³-hybridized carbons (Fsp3) is 0.250. The summed E-state index contributed by atoms with van der Waals surface area (Å²) in [7, 11) is 0. The zero-order chi connectivity index (χ0) is 17.1. The number of benzene rings is 1. The van der Waals surface area contributed by atoms with Crippen molar-refractivity contribution in [2.45, 2.75) is 6.92 Å². The van der Waals surface area contributed by atoms with Crippen molar-refractivity contribution in [3.8, 4) is 11.3 Å². The number of hydrogen-bond acceptors (Lipinski definition) is 6. The third kappa shape index (κ3) is 3.65. The molecule has 0 spiro atoms. The average Bonchev–Trinajstić information content (AvgIpc) is 3.15. The van der Waals surface area contributed by atoms with Gasteiger partial charge in [0.15, 0.2) is 10.9 Å². The van der Waals surface area contributed by atoms with Gasteiger partial charge >= 0.3 is 0 Å². The van der Waals surface area contributed by atoms with Crippen molar-refractivity contribution in [3.05, 3.63) is 35.2 Å². The molecular weight excluding hydrogens is 346 g/mol. The van der Waals surface area contributed by atoms with E-state index in [0.29, 0.717) is 28.0 Å². The molecule has 2 aromatic rings. The quantitative estimate of drug-likeness (QED) is 0.828. The van der Waals surface area contributed by atoms with E-state index in [4.69, 9.17) is 0 Å². The Balaban J connectivity index is 1.78. The van der Waals surface area contributed by atoms with Crippen LogP contribution in [0.2, 0.25) is 0 Å². The summed E-state index contributed by atoms with van der Waals surface area (Å²) in [6, 6.07) is 9.36. The molecule has 1 aliphatic rings. The van der Waals surface area contributed by atoms with Crippen molar-refractivity contribution in [1.29, 1.82) is 0 Å². The van der Waals surface area contributed by atoms with Gasteiger partial charge in [-0.1, -0.05) is 53.4 Å². The molecule has 124 valence electrons. The number of thiazole rings is 1. The molecule has 0 unspecified atom stereocenters. The predicted octanol–water partition coefficient (Wildman–Crippen LogP) is 3.12. The smallest absolute Gasteiger partial charge is 0.282 e. The minimum absolute atomic E-state index is 0.00148. The Hall–Kier alpha value is -2.19. The second-order valence-corrected chi connectivity index (χ2v) is 7.25. The monoisotopic (exact) mass is 361 g/mol. The molecule has 6 nitrogen and oxygen atoms in total. The van der Waals surface area contributed by atoms with Crippen LogP contribution in [0.25, 0.3) is 11.3 Å². The summed E-state index contributed by atoms with van der Waals surface area (Å²) in [5.74, 6) is 0.294. The van der Waals surface area contributed by atoms with Crippen LogP contribution in [0.5, 0.6) is 0 Å². The van der Waals surface area contributed by atoms with Gasteiger partial charge in [0.1, 0.15) is 6.54 Å². The van der Waals surface area contributed by atoms with E-state index < -0.39 is 0 Å². The van der Waals surface area contributed by atoms with E-state index >= 15 is 0 Å². The third-order valence-corrected chi connectivity index (χ3v) is 5.38. The maximum absolute atomic E-state index is 12.1. The van der Waals surface area contributed by atoms with Crippen molar-refractivity contribution in [2.75, 3.05) is 24.2 Å². The van der Waals surface area contributed by atoms with Crippen molar-refractivity contribution >= 4 is 45.2 Å². The van der Waals surface area contributed by atoms with Gasteiger partial charge in [0.05, 0.1) is 10.6 Å². The van der Waals surface area contributed by atoms with Crippen LogP contribution < -0.4 is 5.32 Å². The average molecular weight is 361 g/mol. The van der Waals surface area contributed by atoms with Gasteiger partial charge in [0, 0.05) is 24.8 Å². The predicted molar refractivity (Wildman–Crippen MR) is 95.6 cm³/mol. The van der Waals surface area contributed by atoms with Crippen LogP contribution in [-0.2, 0) is 4.79 Å². The normalized spacial score (nSPS) is 14.0. The highest BCUT2D eigenvalue weighted by molar-refractivity contribution is 8.13. The highest BCUT2D eigenvalue weighted by atomic mass is 32.2. The Kier molecular flexibility index (Phi) is 4.96. The number of aromatic nitrogens is 1. The van der Waals surface area contributed by atoms with Crippen LogP contribution in [-0.4, -0.2) is 45.7 Å². The number of nitrogens with one attached hydrogen (secondary N) is 1. The Morgan fingerprint density at radius 1 is 1.29 bits per heavy atom. The number of carbonyl (C=O) groups is 3. The van der Waals surface area contributed by atoms with Crippen LogP contribution in [0, 0.1) is 0 Å². The molecule has 8 heteroatoms. The number of Topliss-reactive ketones (excluding diaryl/α,β-unsaturated/α-hetero) is 1. The maximum atomic E-state index is 12.1. The van der Waals surface area contributed by atoms with Gasteiger partial charge in [-0.25, -0.2) is 4.98 Å². The number of hydrogen-bond donors (Lipinski definition) is 1. The number of ketones is 1. The van der Waals surface area contributed by atoms with E-state index in [9.17, 15) is 14.4 Å². The zero-order valence-corrected chi connectivity index (χ0v) is 14.6. The first-order valence-electron chi connectivity index (χ1n) is 7.33. The minimum Gasteiger partial charge on any atom is -0.323 e. The van der Waals surface area contributed by atoms with Gasteiger partial charge in [-0.2, -0.15) is 0 Å². The molecule has 0 saturated carbocycles. The number of rotatable bonds is 5.